The second-order valence-corrected chi connectivity index (χ2v) is 11.1. The summed E-state index contributed by atoms with van der Waals surface area (Å²) in [6, 6.07) is 16.9. The molecular weight excluding hydrogens is 451 g/mol. The molecular formula is C29H39BN2O4. The van der Waals surface area contributed by atoms with E-state index in [9.17, 15) is 9.59 Å². The number of hydrogen-bond donors (Lipinski definition) is 1. The molecule has 0 bridgehead atoms. The average molecular weight is 490 g/mol. The van der Waals surface area contributed by atoms with Gasteiger partial charge in [-0.25, -0.2) is 0 Å². The number of carbonyl (C=O) groups excluding carboxylic acids is 2. The Bertz CT molecular complexity index is 1050. The van der Waals surface area contributed by atoms with Crippen LogP contribution in [0.1, 0.15) is 83.9 Å². The molecule has 1 unspecified atom stereocenters. The van der Waals surface area contributed by atoms with E-state index in [0.717, 1.165) is 42.3 Å². The Morgan fingerprint density at radius 2 is 1.61 bits per heavy atom. The summed E-state index contributed by atoms with van der Waals surface area (Å²) in [5.74, 6) is -0.289. The molecule has 7 heteroatoms. The molecule has 0 spiro atoms. The van der Waals surface area contributed by atoms with Gasteiger partial charge in [0, 0.05) is 19.5 Å². The summed E-state index contributed by atoms with van der Waals surface area (Å²) in [5, 5.41) is 3.26. The van der Waals surface area contributed by atoms with Gasteiger partial charge in [0.15, 0.2) is 0 Å². The van der Waals surface area contributed by atoms with E-state index in [0.29, 0.717) is 6.54 Å². The van der Waals surface area contributed by atoms with E-state index >= 15 is 0 Å². The standard InChI is InChI=1S/C29H39BN2O4/c1-21(33)32(20-22-13-8-6-9-14-22)26(27(34)31-25-17-10-7-11-18-25)23-15-12-16-24(19-23)30-35-28(2,3)29(4,5)36-30/h6,8-9,12-16,19,25-26H,7,10-11,17-18,20H2,1-5H3,(H,31,34). The summed E-state index contributed by atoms with van der Waals surface area (Å²) in [6.07, 6.45) is 5.40. The zero-order valence-electron chi connectivity index (χ0n) is 22.3. The normalized spacial score (nSPS) is 20.1. The lowest BCUT2D eigenvalue weighted by molar-refractivity contribution is -0.140. The van der Waals surface area contributed by atoms with E-state index in [1.807, 2.05) is 82.3 Å². The maximum atomic E-state index is 13.8. The monoisotopic (exact) mass is 490 g/mol. The van der Waals surface area contributed by atoms with Crippen molar-refractivity contribution in [1.82, 2.24) is 10.2 Å². The van der Waals surface area contributed by atoms with Gasteiger partial charge in [-0.05, 0) is 57.1 Å². The van der Waals surface area contributed by atoms with Crippen LogP contribution in [-0.2, 0) is 25.4 Å². The minimum atomic E-state index is -0.757. The number of hydrogen-bond acceptors (Lipinski definition) is 4. The highest BCUT2D eigenvalue weighted by molar-refractivity contribution is 6.62. The Morgan fingerprint density at radius 3 is 2.22 bits per heavy atom. The van der Waals surface area contributed by atoms with E-state index in [4.69, 9.17) is 9.31 Å². The van der Waals surface area contributed by atoms with Crippen LogP contribution in [0.2, 0.25) is 0 Å². The van der Waals surface area contributed by atoms with Crippen LogP contribution in [0.15, 0.2) is 54.6 Å². The summed E-state index contributed by atoms with van der Waals surface area (Å²) in [5.41, 5.74) is 1.63. The largest absolute Gasteiger partial charge is 0.494 e. The quantitative estimate of drug-likeness (QED) is 0.580. The number of rotatable bonds is 7. The number of nitrogens with one attached hydrogen (secondary N) is 1. The summed E-state index contributed by atoms with van der Waals surface area (Å²) in [7, 11) is -0.545. The third kappa shape index (κ3) is 5.84. The van der Waals surface area contributed by atoms with Gasteiger partial charge < -0.3 is 19.5 Å². The SMILES string of the molecule is CC(=O)N(Cc1ccccc1)C(C(=O)NC1CCCCC1)c1cccc(B2OC(C)(C)C(C)(C)O2)c1. The van der Waals surface area contributed by atoms with Crippen LogP contribution in [-0.4, -0.2) is 41.1 Å². The zero-order valence-corrected chi connectivity index (χ0v) is 22.3. The molecule has 4 rings (SSSR count). The molecule has 1 N–H and O–H groups in total. The highest BCUT2D eigenvalue weighted by Gasteiger charge is 2.51. The Hall–Kier alpha value is -2.64. The molecule has 6 nitrogen and oxygen atoms in total. The second kappa shape index (κ2) is 10.8. The first-order chi connectivity index (χ1) is 17.1. The molecule has 0 aromatic heterocycles. The second-order valence-electron chi connectivity index (χ2n) is 11.1. The van der Waals surface area contributed by atoms with Crippen molar-refractivity contribution in [1.29, 1.82) is 0 Å². The summed E-state index contributed by atoms with van der Waals surface area (Å²) < 4.78 is 12.5. The average Bonchev–Trinajstić information content (AvgIpc) is 3.07. The van der Waals surface area contributed by atoms with Crippen LogP contribution in [0.4, 0.5) is 0 Å². The summed E-state index contributed by atoms with van der Waals surface area (Å²) in [6.45, 7) is 9.97. The number of nitrogens with zero attached hydrogens (tertiary/aromatic N) is 1. The van der Waals surface area contributed by atoms with E-state index < -0.39 is 24.4 Å². The Kier molecular flexibility index (Phi) is 7.91. The van der Waals surface area contributed by atoms with Gasteiger partial charge in [-0.1, -0.05) is 73.9 Å². The van der Waals surface area contributed by atoms with Crippen LogP contribution in [0.25, 0.3) is 0 Å². The predicted molar refractivity (Wildman–Crippen MR) is 143 cm³/mol. The molecule has 36 heavy (non-hydrogen) atoms. The van der Waals surface area contributed by atoms with Crippen molar-refractivity contribution < 1.29 is 18.9 Å². The smallest absolute Gasteiger partial charge is 0.399 e. The van der Waals surface area contributed by atoms with Crippen molar-refractivity contribution in [3.05, 3.63) is 65.7 Å². The van der Waals surface area contributed by atoms with Crippen LogP contribution >= 0.6 is 0 Å². The molecule has 2 aliphatic rings. The van der Waals surface area contributed by atoms with Crippen LogP contribution in [0, 0.1) is 0 Å². The Morgan fingerprint density at radius 1 is 0.972 bits per heavy atom. The molecule has 1 atom stereocenters. The minimum Gasteiger partial charge on any atom is -0.399 e. The molecule has 1 aliphatic carbocycles. The van der Waals surface area contributed by atoms with Gasteiger partial charge in [-0.2, -0.15) is 0 Å². The van der Waals surface area contributed by atoms with E-state index in [1.165, 1.54) is 13.3 Å². The molecule has 0 radical (unpaired) electrons. The van der Waals surface area contributed by atoms with Crippen molar-refractivity contribution in [3.8, 4) is 0 Å². The van der Waals surface area contributed by atoms with E-state index in [2.05, 4.69) is 5.32 Å². The highest BCUT2D eigenvalue weighted by Crippen LogP contribution is 2.36. The van der Waals surface area contributed by atoms with Crippen LogP contribution in [0.5, 0.6) is 0 Å². The lowest BCUT2D eigenvalue weighted by Gasteiger charge is -2.33. The summed E-state index contributed by atoms with van der Waals surface area (Å²) >= 11 is 0. The van der Waals surface area contributed by atoms with E-state index in [1.54, 1.807) is 4.90 Å². The fraction of sp³-hybridized carbons (Fsp3) is 0.517. The third-order valence-corrected chi connectivity index (χ3v) is 7.86. The van der Waals surface area contributed by atoms with Crippen molar-refractivity contribution in [3.63, 3.8) is 0 Å². The Labute approximate surface area is 215 Å². The molecule has 1 heterocycles. The molecule has 2 aromatic rings. The molecule has 1 saturated heterocycles. The van der Waals surface area contributed by atoms with Crippen molar-refractivity contribution in [2.75, 3.05) is 0 Å². The van der Waals surface area contributed by atoms with Crippen molar-refractivity contribution in [2.45, 2.75) is 96.6 Å². The molecule has 1 saturated carbocycles. The van der Waals surface area contributed by atoms with E-state index in [-0.39, 0.29) is 17.9 Å². The third-order valence-electron chi connectivity index (χ3n) is 7.86. The number of amides is 2. The van der Waals surface area contributed by atoms with Gasteiger partial charge >= 0.3 is 7.12 Å². The Balaban J connectivity index is 1.68. The molecule has 192 valence electrons. The van der Waals surface area contributed by atoms with Crippen LogP contribution < -0.4 is 10.8 Å². The fourth-order valence-electron chi connectivity index (χ4n) is 5.02. The first-order valence-electron chi connectivity index (χ1n) is 13.1. The van der Waals surface area contributed by atoms with Gasteiger partial charge in [0.2, 0.25) is 11.8 Å². The first kappa shape index (κ1) is 26.4. The van der Waals surface area contributed by atoms with Crippen molar-refractivity contribution >= 4 is 24.4 Å². The number of carbonyl (C=O) groups is 2. The lowest BCUT2D eigenvalue weighted by Crippen LogP contribution is -2.46. The number of benzene rings is 2. The van der Waals surface area contributed by atoms with Crippen molar-refractivity contribution in [2.24, 2.45) is 0 Å². The maximum absolute atomic E-state index is 13.8. The van der Waals surface area contributed by atoms with Gasteiger partial charge in [0.05, 0.1) is 11.2 Å². The highest BCUT2D eigenvalue weighted by atomic mass is 16.7. The zero-order chi connectivity index (χ0) is 25.9. The lowest BCUT2D eigenvalue weighted by atomic mass is 9.77. The molecule has 1 aliphatic heterocycles. The van der Waals surface area contributed by atoms with Gasteiger partial charge in [0.1, 0.15) is 6.04 Å². The summed E-state index contributed by atoms with van der Waals surface area (Å²) in [4.78, 5) is 28.5. The molecule has 2 aromatic carbocycles. The van der Waals surface area contributed by atoms with Crippen LogP contribution in [0.3, 0.4) is 0 Å². The van der Waals surface area contributed by atoms with Gasteiger partial charge in [-0.15, -0.1) is 0 Å². The molecule has 2 fully saturated rings. The topological polar surface area (TPSA) is 67.9 Å². The van der Waals surface area contributed by atoms with Gasteiger partial charge in [-0.3, -0.25) is 9.59 Å². The molecule has 2 amide bonds. The first-order valence-corrected chi connectivity index (χ1v) is 13.1. The maximum Gasteiger partial charge on any atom is 0.494 e. The van der Waals surface area contributed by atoms with Gasteiger partial charge in [0.25, 0.3) is 0 Å². The minimum absolute atomic E-state index is 0.140. The predicted octanol–water partition coefficient (Wildman–Crippen LogP) is 4.52. The fourth-order valence-corrected chi connectivity index (χ4v) is 5.02.